The van der Waals surface area contributed by atoms with Gasteiger partial charge in [0.1, 0.15) is 11.3 Å². The molecule has 1 N–H and O–H groups in total. The molecule has 25 heavy (non-hydrogen) atoms. The van der Waals surface area contributed by atoms with Gasteiger partial charge in [-0.15, -0.1) is 0 Å². The van der Waals surface area contributed by atoms with Crippen LogP contribution in [0.5, 0.6) is 0 Å². The summed E-state index contributed by atoms with van der Waals surface area (Å²) in [6.07, 6.45) is 3.85. The molecule has 3 heterocycles. The molecule has 2 amide bonds. The standard InChI is InChI=1S/C17H22N2O5S/c1-4-23-16(22)17(7-9-25-3)12-11(14(20)19(2)15(12)21)13(18-17)10-6-5-8-24-10/h5-6,8,11-13,18H,4,7,9H2,1-3H3/t11-,12-,13-,17-/m0/s1. The predicted molar refractivity (Wildman–Crippen MR) is 91.7 cm³/mol. The fourth-order valence-electron chi connectivity index (χ4n) is 3.90. The summed E-state index contributed by atoms with van der Waals surface area (Å²) in [5.41, 5.74) is -1.22. The number of likely N-dealkylation sites (tertiary alicyclic amines) is 1. The van der Waals surface area contributed by atoms with E-state index in [0.29, 0.717) is 17.9 Å². The van der Waals surface area contributed by atoms with E-state index in [9.17, 15) is 14.4 Å². The minimum Gasteiger partial charge on any atom is -0.468 e. The molecule has 0 radical (unpaired) electrons. The van der Waals surface area contributed by atoms with Crippen LogP contribution in [0.1, 0.15) is 25.1 Å². The van der Waals surface area contributed by atoms with Gasteiger partial charge in [0.2, 0.25) is 11.8 Å². The molecule has 4 atom stereocenters. The van der Waals surface area contributed by atoms with Crippen LogP contribution in [0, 0.1) is 11.8 Å². The number of furan rings is 1. The molecule has 0 unspecified atom stereocenters. The molecule has 2 aliphatic heterocycles. The van der Waals surface area contributed by atoms with Crippen molar-refractivity contribution in [3.8, 4) is 0 Å². The maximum atomic E-state index is 12.9. The number of amides is 2. The third-order valence-electron chi connectivity index (χ3n) is 5.06. The summed E-state index contributed by atoms with van der Waals surface area (Å²) in [7, 11) is 1.46. The van der Waals surface area contributed by atoms with Gasteiger partial charge in [0.25, 0.3) is 0 Å². The zero-order valence-electron chi connectivity index (χ0n) is 14.5. The summed E-state index contributed by atoms with van der Waals surface area (Å²) in [6.45, 7) is 1.94. The van der Waals surface area contributed by atoms with Crippen molar-refractivity contribution >= 4 is 29.5 Å². The number of carbonyl (C=O) groups excluding carboxylic acids is 3. The Balaban J connectivity index is 2.09. The zero-order valence-corrected chi connectivity index (χ0v) is 15.3. The Morgan fingerprint density at radius 1 is 1.44 bits per heavy atom. The number of carbonyl (C=O) groups is 3. The Morgan fingerprint density at radius 2 is 2.20 bits per heavy atom. The van der Waals surface area contributed by atoms with Crippen LogP contribution in [0.4, 0.5) is 0 Å². The number of ether oxygens (including phenoxy) is 1. The number of hydrogen-bond donors (Lipinski definition) is 1. The first-order valence-electron chi connectivity index (χ1n) is 8.26. The molecule has 8 heteroatoms. The predicted octanol–water partition coefficient (Wildman–Crippen LogP) is 1.21. The monoisotopic (exact) mass is 366 g/mol. The van der Waals surface area contributed by atoms with Crippen LogP contribution in [0.2, 0.25) is 0 Å². The summed E-state index contributed by atoms with van der Waals surface area (Å²) in [4.78, 5) is 39.5. The van der Waals surface area contributed by atoms with E-state index < -0.39 is 29.4 Å². The fraction of sp³-hybridized carbons (Fsp3) is 0.588. The van der Waals surface area contributed by atoms with E-state index in [1.165, 1.54) is 13.3 Å². The van der Waals surface area contributed by atoms with E-state index in [1.54, 1.807) is 30.8 Å². The second-order valence-electron chi connectivity index (χ2n) is 6.31. The molecular formula is C17H22N2O5S. The van der Waals surface area contributed by atoms with Crippen LogP contribution in [-0.2, 0) is 19.1 Å². The Bertz CT molecular complexity index is 677. The molecule has 2 fully saturated rings. The van der Waals surface area contributed by atoms with Gasteiger partial charge < -0.3 is 9.15 Å². The maximum absolute atomic E-state index is 12.9. The lowest BCUT2D eigenvalue weighted by molar-refractivity contribution is -0.156. The van der Waals surface area contributed by atoms with E-state index >= 15 is 0 Å². The van der Waals surface area contributed by atoms with E-state index in [2.05, 4.69) is 5.32 Å². The number of fused-ring (bicyclic) bond motifs is 1. The second-order valence-corrected chi connectivity index (χ2v) is 7.30. The Kier molecular flexibility index (Phi) is 4.92. The van der Waals surface area contributed by atoms with Gasteiger partial charge in [-0.3, -0.25) is 24.6 Å². The van der Waals surface area contributed by atoms with Crippen LogP contribution >= 0.6 is 11.8 Å². The molecule has 3 rings (SSSR count). The van der Waals surface area contributed by atoms with Gasteiger partial charge in [-0.2, -0.15) is 11.8 Å². The largest absolute Gasteiger partial charge is 0.468 e. The van der Waals surface area contributed by atoms with Gasteiger partial charge >= 0.3 is 5.97 Å². The highest BCUT2D eigenvalue weighted by Gasteiger charge is 2.68. The van der Waals surface area contributed by atoms with Crippen molar-refractivity contribution in [2.75, 3.05) is 25.7 Å². The van der Waals surface area contributed by atoms with Gasteiger partial charge in [0.15, 0.2) is 0 Å². The van der Waals surface area contributed by atoms with Gasteiger partial charge in [-0.05, 0) is 37.5 Å². The molecule has 0 aromatic carbocycles. The highest BCUT2D eigenvalue weighted by Crippen LogP contribution is 2.50. The molecule has 1 aromatic rings. The van der Waals surface area contributed by atoms with Crippen LogP contribution in [-0.4, -0.2) is 53.9 Å². The van der Waals surface area contributed by atoms with E-state index in [-0.39, 0.29) is 18.4 Å². The van der Waals surface area contributed by atoms with Crippen molar-refractivity contribution in [3.05, 3.63) is 24.2 Å². The molecule has 2 aliphatic rings. The van der Waals surface area contributed by atoms with E-state index in [4.69, 9.17) is 9.15 Å². The first-order chi connectivity index (χ1) is 12.0. The lowest BCUT2D eigenvalue weighted by Crippen LogP contribution is -2.56. The topological polar surface area (TPSA) is 88.8 Å². The van der Waals surface area contributed by atoms with Crippen LogP contribution < -0.4 is 5.32 Å². The average molecular weight is 366 g/mol. The average Bonchev–Trinajstić information content (AvgIpc) is 3.28. The minimum atomic E-state index is -1.22. The molecule has 0 saturated carbocycles. The summed E-state index contributed by atoms with van der Waals surface area (Å²) >= 11 is 1.58. The Labute approximate surface area is 150 Å². The SMILES string of the molecule is CCOC(=O)[C@@]1(CCSC)N[C@@H](c2ccco2)[C@H]2C(=O)N(C)C(=O)[C@H]21. The number of nitrogens with one attached hydrogen (secondary N) is 1. The molecule has 1 aromatic heterocycles. The highest BCUT2D eigenvalue weighted by molar-refractivity contribution is 7.98. The molecule has 0 aliphatic carbocycles. The van der Waals surface area contributed by atoms with Crippen molar-refractivity contribution in [1.29, 1.82) is 0 Å². The third-order valence-corrected chi connectivity index (χ3v) is 5.68. The normalized spacial score (nSPS) is 31.5. The Hall–Kier alpha value is -1.80. The number of nitrogens with zero attached hydrogens (tertiary/aromatic N) is 1. The van der Waals surface area contributed by atoms with E-state index in [1.807, 2.05) is 6.26 Å². The van der Waals surface area contributed by atoms with Gasteiger partial charge in [-0.1, -0.05) is 0 Å². The summed E-state index contributed by atoms with van der Waals surface area (Å²) in [6, 6.07) is 2.94. The van der Waals surface area contributed by atoms with E-state index in [0.717, 1.165) is 4.90 Å². The molecule has 136 valence electrons. The molecule has 2 saturated heterocycles. The number of thioether (sulfide) groups is 1. The first-order valence-corrected chi connectivity index (χ1v) is 9.66. The van der Waals surface area contributed by atoms with Crippen LogP contribution in [0.15, 0.2) is 22.8 Å². The lowest BCUT2D eigenvalue weighted by atomic mass is 9.78. The van der Waals surface area contributed by atoms with Crippen molar-refractivity contribution in [2.45, 2.75) is 24.9 Å². The second kappa shape index (κ2) is 6.84. The highest BCUT2D eigenvalue weighted by atomic mass is 32.2. The van der Waals surface area contributed by atoms with Crippen LogP contribution in [0.3, 0.4) is 0 Å². The quantitative estimate of drug-likeness (QED) is 0.598. The van der Waals surface area contributed by atoms with Gasteiger partial charge in [0.05, 0.1) is 30.7 Å². The molecule has 7 nitrogen and oxygen atoms in total. The lowest BCUT2D eigenvalue weighted by Gasteiger charge is -2.32. The smallest absolute Gasteiger partial charge is 0.327 e. The van der Waals surface area contributed by atoms with Gasteiger partial charge in [0, 0.05) is 7.05 Å². The zero-order chi connectivity index (χ0) is 18.2. The first kappa shape index (κ1) is 18.0. The number of rotatable bonds is 6. The number of esters is 1. The van der Waals surface area contributed by atoms with Crippen molar-refractivity contribution in [1.82, 2.24) is 10.2 Å². The summed E-state index contributed by atoms with van der Waals surface area (Å²) in [5, 5.41) is 3.26. The molecule has 0 spiro atoms. The summed E-state index contributed by atoms with van der Waals surface area (Å²) in [5.74, 6) is -1.37. The minimum absolute atomic E-state index is 0.211. The van der Waals surface area contributed by atoms with Crippen molar-refractivity contribution in [2.24, 2.45) is 11.8 Å². The molecular weight excluding hydrogens is 344 g/mol. The molecule has 0 bridgehead atoms. The maximum Gasteiger partial charge on any atom is 0.327 e. The summed E-state index contributed by atoms with van der Waals surface area (Å²) < 4.78 is 10.8. The number of hydrogen-bond acceptors (Lipinski definition) is 7. The van der Waals surface area contributed by atoms with Crippen LogP contribution in [0.25, 0.3) is 0 Å². The van der Waals surface area contributed by atoms with Crippen molar-refractivity contribution < 1.29 is 23.5 Å². The number of imide groups is 1. The van der Waals surface area contributed by atoms with Crippen molar-refractivity contribution in [3.63, 3.8) is 0 Å². The fourth-order valence-corrected chi connectivity index (χ4v) is 4.43. The van der Waals surface area contributed by atoms with Gasteiger partial charge in [-0.25, -0.2) is 0 Å². The Morgan fingerprint density at radius 3 is 2.80 bits per heavy atom. The third kappa shape index (κ3) is 2.67.